The molecule has 1 aliphatic carbocycles. The van der Waals surface area contributed by atoms with Crippen LogP contribution >= 0.6 is 0 Å². The summed E-state index contributed by atoms with van der Waals surface area (Å²) in [4.78, 5) is 4.96. The van der Waals surface area contributed by atoms with Crippen molar-refractivity contribution in [1.29, 1.82) is 0 Å². The van der Waals surface area contributed by atoms with Gasteiger partial charge in [0.1, 0.15) is 5.75 Å². The molecule has 0 radical (unpaired) electrons. The summed E-state index contributed by atoms with van der Waals surface area (Å²) in [5, 5.41) is 10.1. The number of rotatable bonds is 5. The number of methoxy groups -OCH3 is 1. The lowest BCUT2D eigenvalue weighted by molar-refractivity contribution is 0.194. The van der Waals surface area contributed by atoms with Gasteiger partial charge in [0.15, 0.2) is 0 Å². The molecule has 3 rings (SSSR count). The van der Waals surface area contributed by atoms with Crippen LogP contribution in [0.3, 0.4) is 0 Å². The van der Waals surface area contributed by atoms with Crippen molar-refractivity contribution in [3.8, 4) is 5.75 Å². The van der Waals surface area contributed by atoms with E-state index in [2.05, 4.69) is 15.9 Å². The molecule has 1 atom stereocenters. The van der Waals surface area contributed by atoms with Gasteiger partial charge < -0.3 is 14.7 Å². The highest BCUT2D eigenvalue weighted by Gasteiger charge is 2.27. The van der Waals surface area contributed by atoms with Gasteiger partial charge in [0, 0.05) is 44.0 Å². The number of aliphatic hydroxyl groups excluding tert-OH is 1. The molecule has 0 bridgehead atoms. The first-order valence-electron chi connectivity index (χ1n) is 8.01. The van der Waals surface area contributed by atoms with Crippen molar-refractivity contribution in [1.82, 2.24) is 4.90 Å². The highest BCUT2D eigenvalue weighted by molar-refractivity contribution is 5.60. The minimum atomic E-state index is -0.513. The number of piperazine rings is 1. The van der Waals surface area contributed by atoms with Crippen molar-refractivity contribution >= 4 is 5.69 Å². The fourth-order valence-corrected chi connectivity index (χ4v) is 3.24. The summed E-state index contributed by atoms with van der Waals surface area (Å²) in [5.41, 5.74) is 2.03. The Kier molecular flexibility index (Phi) is 4.36. The van der Waals surface area contributed by atoms with E-state index in [9.17, 15) is 5.11 Å². The molecule has 1 N–H and O–H groups in total. The average Bonchev–Trinajstić information content (AvgIpc) is 3.31. The van der Waals surface area contributed by atoms with Gasteiger partial charge in [-0.15, -0.1) is 0 Å². The normalized spacial score (nSPS) is 21.4. The minimum Gasteiger partial charge on any atom is -0.496 e. The zero-order valence-corrected chi connectivity index (χ0v) is 13.1. The third-order valence-corrected chi connectivity index (χ3v) is 4.61. The van der Waals surface area contributed by atoms with Gasteiger partial charge in [-0.05, 0) is 37.8 Å². The first-order chi connectivity index (χ1) is 10.2. The third-order valence-electron chi connectivity index (χ3n) is 4.61. The van der Waals surface area contributed by atoms with Gasteiger partial charge in [0.25, 0.3) is 0 Å². The summed E-state index contributed by atoms with van der Waals surface area (Å²) in [6, 6.07) is 6.03. The molecular weight excluding hydrogens is 264 g/mol. The van der Waals surface area contributed by atoms with E-state index in [-0.39, 0.29) is 0 Å². The average molecular weight is 290 g/mol. The molecule has 0 aromatic heterocycles. The van der Waals surface area contributed by atoms with Crippen molar-refractivity contribution < 1.29 is 9.84 Å². The molecule has 1 heterocycles. The lowest BCUT2D eigenvalue weighted by Crippen LogP contribution is -2.47. The Morgan fingerprint density at radius 3 is 2.52 bits per heavy atom. The Morgan fingerprint density at radius 2 is 1.95 bits per heavy atom. The second-order valence-corrected chi connectivity index (χ2v) is 6.30. The highest BCUT2D eigenvalue weighted by atomic mass is 16.5. The maximum Gasteiger partial charge on any atom is 0.126 e. The van der Waals surface area contributed by atoms with Gasteiger partial charge in [0.2, 0.25) is 0 Å². The maximum absolute atomic E-state index is 10.1. The van der Waals surface area contributed by atoms with Crippen molar-refractivity contribution in [2.75, 3.05) is 44.7 Å². The molecule has 21 heavy (non-hydrogen) atoms. The Hall–Kier alpha value is -1.26. The monoisotopic (exact) mass is 290 g/mol. The summed E-state index contributed by atoms with van der Waals surface area (Å²) >= 11 is 0. The van der Waals surface area contributed by atoms with Crippen LogP contribution in [0.2, 0.25) is 0 Å². The summed E-state index contributed by atoms with van der Waals surface area (Å²) < 4.78 is 5.42. The van der Waals surface area contributed by atoms with Crippen LogP contribution in [0.25, 0.3) is 0 Å². The SMILES string of the molecule is COc1cccc(N2CCN(CC3CC3)CC2)c1[C@@H](C)O. The fourth-order valence-electron chi connectivity index (χ4n) is 3.24. The van der Waals surface area contributed by atoms with Crippen LogP contribution in [0.4, 0.5) is 5.69 Å². The number of aliphatic hydroxyl groups is 1. The third kappa shape index (κ3) is 3.33. The molecule has 1 aliphatic heterocycles. The van der Waals surface area contributed by atoms with Crippen LogP contribution in [0.5, 0.6) is 5.75 Å². The summed E-state index contributed by atoms with van der Waals surface area (Å²) in [5.74, 6) is 1.74. The maximum atomic E-state index is 10.1. The van der Waals surface area contributed by atoms with Crippen LogP contribution in [0.15, 0.2) is 18.2 Å². The first-order valence-corrected chi connectivity index (χ1v) is 8.01. The Morgan fingerprint density at radius 1 is 1.24 bits per heavy atom. The molecule has 4 nitrogen and oxygen atoms in total. The van der Waals surface area contributed by atoms with Gasteiger partial charge >= 0.3 is 0 Å². The molecule has 1 aromatic carbocycles. The Bertz CT molecular complexity index is 478. The molecule has 0 unspecified atom stereocenters. The van der Waals surface area contributed by atoms with E-state index >= 15 is 0 Å². The van der Waals surface area contributed by atoms with E-state index in [4.69, 9.17) is 4.74 Å². The topological polar surface area (TPSA) is 35.9 Å². The van der Waals surface area contributed by atoms with E-state index in [1.54, 1.807) is 7.11 Å². The van der Waals surface area contributed by atoms with Crippen molar-refractivity contribution in [2.45, 2.75) is 25.9 Å². The molecule has 0 amide bonds. The van der Waals surface area contributed by atoms with Crippen LogP contribution in [0, 0.1) is 5.92 Å². The number of hydrogen-bond acceptors (Lipinski definition) is 4. The van der Waals surface area contributed by atoms with E-state index < -0.39 is 6.10 Å². The molecule has 2 aliphatic rings. The zero-order valence-electron chi connectivity index (χ0n) is 13.1. The van der Waals surface area contributed by atoms with Gasteiger partial charge in [-0.1, -0.05) is 6.07 Å². The predicted octanol–water partition coefficient (Wildman–Crippen LogP) is 2.28. The molecule has 0 spiro atoms. The fraction of sp³-hybridized carbons (Fsp3) is 0.647. The van der Waals surface area contributed by atoms with Gasteiger partial charge in [-0.25, -0.2) is 0 Å². The van der Waals surface area contributed by atoms with E-state index in [0.29, 0.717) is 0 Å². The minimum absolute atomic E-state index is 0.513. The summed E-state index contributed by atoms with van der Waals surface area (Å²) in [6.07, 6.45) is 2.32. The van der Waals surface area contributed by atoms with Crippen molar-refractivity contribution in [3.05, 3.63) is 23.8 Å². The quantitative estimate of drug-likeness (QED) is 0.902. The number of hydrogen-bond donors (Lipinski definition) is 1. The molecule has 1 saturated carbocycles. The number of benzene rings is 1. The highest BCUT2D eigenvalue weighted by Crippen LogP contribution is 2.35. The van der Waals surface area contributed by atoms with Crippen LogP contribution in [-0.4, -0.2) is 49.8 Å². The van der Waals surface area contributed by atoms with E-state index in [1.165, 1.54) is 19.4 Å². The first kappa shape index (κ1) is 14.7. The smallest absolute Gasteiger partial charge is 0.126 e. The summed E-state index contributed by atoms with van der Waals surface area (Å²) in [7, 11) is 1.67. The second kappa shape index (κ2) is 6.24. The number of anilines is 1. The predicted molar refractivity (Wildman–Crippen MR) is 85.0 cm³/mol. The van der Waals surface area contributed by atoms with Gasteiger partial charge in [-0.3, -0.25) is 4.90 Å². The van der Waals surface area contributed by atoms with Crippen molar-refractivity contribution in [2.24, 2.45) is 5.92 Å². The molecule has 2 fully saturated rings. The lowest BCUT2D eigenvalue weighted by atomic mass is 10.0. The molecule has 4 heteroatoms. The second-order valence-electron chi connectivity index (χ2n) is 6.30. The van der Waals surface area contributed by atoms with E-state index in [0.717, 1.165) is 49.1 Å². The molecule has 1 saturated heterocycles. The Labute approximate surface area is 127 Å². The van der Waals surface area contributed by atoms with Crippen LogP contribution < -0.4 is 9.64 Å². The standard InChI is InChI=1S/C17H26N2O2/c1-13(20)17-15(4-3-5-16(17)21-2)19-10-8-18(9-11-19)12-14-6-7-14/h3-5,13-14,20H,6-12H2,1-2H3/t13-/m1/s1. The molecular formula is C17H26N2O2. The zero-order chi connectivity index (χ0) is 14.8. The number of ether oxygens (including phenoxy) is 1. The van der Waals surface area contributed by atoms with Crippen LogP contribution in [-0.2, 0) is 0 Å². The van der Waals surface area contributed by atoms with Gasteiger partial charge in [0.05, 0.1) is 13.2 Å². The number of nitrogens with zero attached hydrogens (tertiary/aromatic N) is 2. The largest absolute Gasteiger partial charge is 0.496 e. The molecule has 116 valence electrons. The lowest BCUT2D eigenvalue weighted by Gasteiger charge is -2.37. The van der Waals surface area contributed by atoms with Crippen LogP contribution in [0.1, 0.15) is 31.4 Å². The molecule has 1 aromatic rings. The van der Waals surface area contributed by atoms with E-state index in [1.807, 2.05) is 19.1 Å². The van der Waals surface area contributed by atoms with Gasteiger partial charge in [-0.2, -0.15) is 0 Å². The summed E-state index contributed by atoms with van der Waals surface area (Å²) in [6.45, 7) is 7.37. The Balaban J connectivity index is 1.72. The van der Waals surface area contributed by atoms with Crippen molar-refractivity contribution in [3.63, 3.8) is 0 Å².